The van der Waals surface area contributed by atoms with Gasteiger partial charge >= 0.3 is 0 Å². The van der Waals surface area contributed by atoms with Crippen molar-refractivity contribution in [2.45, 2.75) is 25.9 Å². The highest BCUT2D eigenvalue weighted by molar-refractivity contribution is 5.34. The van der Waals surface area contributed by atoms with Gasteiger partial charge in [-0.2, -0.15) is 0 Å². The number of nitrogens with one attached hydrogen (secondary N) is 1. The minimum absolute atomic E-state index is 0.353. The number of para-hydroxylation sites is 2. The van der Waals surface area contributed by atoms with Crippen molar-refractivity contribution < 1.29 is 9.47 Å². The summed E-state index contributed by atoms with van der Waals surface area (Å²) in [5.74, 6) is 1.87. The van der Waals surface area contributed by atoms with Crippen LogP contribution in [0.3, 0.4) is 0 Å². The van der Waals surface area contributed by atoms with Crippen molar-refractivity contribution >= 4 is 0 Å². The number of methoxy groups -OCH3 is 2. The number of hydrogen-bond donors (Lipinski definition) is 1. The summed E-state index contributed by atoms with van der Waals surface area (Å²) in [6.07, 6.45) is 0.930. The van der Waals surface area contributed by atoms with Crippen LogP contribution >= 0.6 is 0 Å². The monoisotopic (exact) mass is 285 g/mol. The summed E-state index contributed by atoms with van der Waals surface area (Å²) in [6, 6.07) is 16.6. The molecule has 0 aliphatic rings. The van der Waals surface area contributed by atoms with Crippen molar-refractivity contribution in [1.29, 1.82) is 0 Å². The zero-order chi connectivity index (χ0) is 15.1. The fraction of sp³-hybridized carbons (Fsp3) is 0.333. The molecule has 0 aliphatic carbocycles. The molecule has 0 spiro atoms. The highest BCUT2D eigenvalue weighted by Gasteiger charge is 2.09. The third-order valence-electron chi connectivity index (χ3n) is 3.55. The van der Waals surface area contributed by atoms with Gasteiger partial charge in [-0.1, -0.05) is 36.4 Å². The number of ether oxygens (including phenoxy) is 2. The van der Waals surface area contributed by atoms with E-state index in [4.69, 9.17) is 9.47 Å². The molecule has 2 aromatic carbocycles. The first kappa shape index (κ1) is 15.4. The molecule has 2 rings (SSSR count). The van der Waals surface area contributed by atoms with Crippen LogP contribution in [0, 0.1) is 0 Å². The predicted octanol–water partition coefficient (Wildman–Crippen LogP) is 3.42. The summed E-state index contributed by atoms with van der Waals surface area (Å²) in [6.45, 7) is 2.97. The molecule has 0 aliphatic heterocycles. The Labute approximate surface area is 126 Å². The summed E-state index contributed by atoms with van der Waals surface area (Å²) in [5, 5.41) is 3.54. The van der Waals surface area contributed by atoms with Crippen molar-refractivity contribution in [2.75, 3.05) is 14.2 Å². The molecule has 0 fully saturated rings. The average Bonchev–Trinajstić information content (AvgIpc) is 2.53. The Morgan fingerprint density at radius 3 is 2.00 bits per heavy atom. The molecule has 0 saturated carbocycles. The van der Waals surface area contributed by atoms with Crippen molar-refractivity contribution in [3.63, 3.8) is 0 Å². The van der Waals surface area contributed by atoms with Gasteiger partial charge in [-0.05, 0) is 31.0 Å². The van der Waals surface area contributed by atoms with Crippen molar-refractivity contribution in [3.8, 4) is 11.5 Å². The van der Waals surface area contributed by atoms with E-state index >= 15 is 0 Å². The quantitative estimate of drug-likeness (QED) is 0.845. The lowest BCUT2D eigenvalue weighted by atomic mass is 10.1. The van der Waals surface area contributed by atoms with Crippen molar-refractivity contribution in [3.05, 3.63) is 59.7 Å². The Kier molecular flexibility index (Phi) is 5.64. The third kappa shape index (κ3) is 4.23. The fourth-order valence-electron chi connectivity index (χ4n) is 2.41. The van der Waals surface area contributed by atoms with Crippen LogP contribution < -0.4 is 14.8 Å². The fourth-order valence-corrected chi connectivity index (χ4v) is 2.41. The predicted molar refractivity (Wildman–Crippen MR) is 86.0 cm³/mol. The van der Waals surface area contributed by atoms with Gasteiger partial charge in [0.05, 0.1) is 14.2 Å². The van der Waals surface area contributed by atoms with Crippen LogP contribution in [0.15, 0.2) is 48.5 Å². The zero-order valence-electron chi connectivity index (χ0n) is 12.9. The van der Waals surface area contributed by atoms with Crippen LogP contribution in [-0.4, -0.2) is 20.3 Å². The zero-order valence-corrected chi connectivity index (χ0v) is 12.9. The van der Waals surface area contributed by atoms with Crippen LogP contribution in [0.25, 0.3) is 0 Å². The summed E-state index contributed by atoms with van der Waals surface area (Å²) in [4.78, 5) is 0. The largest absolute Gasteiger partial charge is 0.496 e. The first-order chi connectivity index (χ1) is 10.2. The molecule has 0 heterocycles. The van der Waals surface area contributed by atoms with E-state index in [0.29, 0.717) is 6.04 Å². The second kappa shape index (κ2) is 7.70. The molecular weight excluding hydrogens is 262 g/mol. The van der Waals surface area contributed by atoms with Gasteiger partial charge < -0.3 is 14.8 Å². The molecule has 1 atom stereocenters. The maximum Gasteiger partial charge on any atom is 0.123 e. The Morgan fingerprint density at radius 1 is 0.857 bits per heavy atom. The molecule has 112 valence electrons. The highest BCUT2D eigenvalue weighted by Crippen LogP contribution is 2.20. The highest BCUT2D eigenvalue weighted by atomic mass is 16.5. The summed E-state index contributed by atoms with van der Waals surface area (Å²) >= 11 is 0. The second-order valence-corrected chi connectivity index (χ2v) is 5.11. The summed E-state index contributed by atoms with van der Waals surface area (Å²) in [5.41, 5.74) is 2.40. The Balaban J connectivity index is 1.94. The van der Waals surface area contributed by atoms with Gasteiger partial charge in [0.2, 0.25) is 0 Å². The second-order valence-electron chi connectivity index (χ2n) is 5.11. The maximum atomic E-state index is 5.40. The lowest BCUT2D eigenvalue weighted by molar-refractivity contribution is 0.401. The molecule has 0 amide bonds. The lowest BCUT2D eigenvalue weighted by Gasteiger charge is -2.17. The standard InChI is InChI=1S/C18H23NO2/c1-14(12-15-8-4-6-10-17(15)20-2)19-13-16-9-5-7-11-18(16)21-3/h4-11,14,19H,12-13H2,1-3H3. The van der Waals surface area contributed by atoms with E-state index in [2.05, 4.69) is 24.4 Å². The van der Waals surface area contributed by atoms with Crippen molar-refractivity contribution in [1.82, 2.24) is 5.32 Å². The van der Waals surface area contributed by atoms with Gasteiger partial charge in [-0.3, -0.25) is 0 Å². The average molecular weight is 285 g/mol. The molecule has 0 aromatic heterocycles. The van der Waals surface area contributed by atoms with Crippen LogP contribution in [0.1, 0.15) is 18.1 Å². The van der Waals surface area contributed by atoms with Gasteiger partial charge in [0.1, 0.15) is 11.5 Å². The van der Waals surface area contributed by atoms with Crippen LogP contribution in [0.4, 0.5) is 0 Å². The van der Waals surface area contributed by atoms with Gasteiger partial charge in [-0.25, -0.2) is 0 Å². The Bertz CT molecular complexity index is 569. The molecule has 1 N–H and O–H groups in total. The van der Waals surface area contributed by atoms with E-state index in [9.17, 15) is 0 Å². The van der Waals surface area contributed by atoms with E-state index in [1.807, 2.05) is 36.4 Å². The van der Waals surface area contributed by atoms with Gasteiger partial charge in [0, 0.05) is 18.2 Å². The summed E-state index contributed by atoms with van der Waals surface area (Å²) < 4.78 is 10.8. The van der Waals surface area contributed by atoms with E-state index in [1.54, 1.807) is 14.2 Å². The minimum atomic E-state index is 0.353. The number of rotatable bonds is 7. The molecule has 21 heavy (non-hydrogen) atoms. The Morgan fingerprint density at radius 2 is 1.38 bits per heavy atom. The molecule has 3 nitrogen and oxygen atoms in total. The number of benzene rings is 2. The van der Waals surface area contributed by atoms with Gasteiger partial charge in [0.25, 0.3) is 0 Å². The summed E-state index contributed by atoms with van der Waals surface area (Å²) in [7, 11) is 3.42. The van der Waals surface area contributed by atoms with Crippen molar-refractivity contribution in [2.24, 2.45) is 0 Å². The number of hydrogen-bond acceptors (Lipinski definition) is 3. The van der Waals surface area contributed by atoms with Crippen LogP contribution in [0.5, 0.6) is 11.5 Å². The normalized spacial score (nSPS) is 12.0. The molecular formula is C18H23NO2. The van der Waals surface area contributed by atoms with E-state index in [-0.39, 0.29) is 0 Å². The Hall–Kier alpha value is -2.00. The molecule has 0 saturated heterocycles. The molecule has 2 aromatic rings. The topological polar surface area (TPSA) is 30.5 Å². The molecule has 1 unspecified atom stereocenters. The van der Waals surface area contributed by atoms with Gasteiger partial charge in [-0.15, -0.1) is 0 Å². The lowest BCUT2D eigenvalue weighted by Crippen LogP contribution is -2.27. The third-order valence-corrected chi connectivity index (χ3v) is 3.55. The first-order valence-corrected chi connectivity index (χ1v) is 7.21. The molecule has 0 radical (unpaired) electrons. The van der Waals surface area contributed by atoms with Crippen LogP contribution in [0.2, 0.25) is 0 Å². The smallest absolute Gasteiger partial charge is 0.123 e. The maximum absolute atomic E-state index is 5.40. The molecule has 0 bridgehead atoms. The van der Waals surface area contributed by atoms with Crippen LogP contribution in [-0.2, 0) is 13.0 Å². The van der Waals surface area contributed by atoms with E-state index in [0.717, 1.165) is 24.5 Å². The molecule has 3 heteroatoms. The minimum Gasteiger partial charge on any atom is -0.496 e. The van der Waals surface area contributed by atoms with E-state index < -0.39 is 0 Å². The SMILES string of the molecule is COc1ccccc1CNC(C)Cc1ccccc1OC. The van der Waals surface area contributed by atoms with Gasteiger partial charge in [0.15, 0.2) is 0 Å². The first-order valence-electron chi connectivity index (χ1n) is 7.21. The van der Waals surface area contributed by atoms with E-state index in [1.165, 1.54) is 11.1 Å².